The largest absolute Gasteiger partial charge is 0.313 e. The van der Waals surface area contributed by atoms with Gasteiger partial charge >= 0.3 is 0 Å². The van der Waals surface area contributed by atoms with Crippen LogP contribution in [0.1, 0.15) is 40.0 Å². The third kappa shape index (κ3) is 1.70. The van der Waals surface area contributed by atoms with E-state index in [1.807, 2.05) is 0 Å². The van der Waals surface area contributed by atoms with Crippen molar-refractivity contribution in [2.24, 2.45) is 5.41 Å². The van der Waals surface area contributed by atoms with Crippen molar-refractivity contribution in [1.29, 1.82) is 0 Å². The summed E-state index contributed by atoms with van der Waals surface area (Å²) < 4.78 is 0. The predicted molar refractivity (Wildman–Crippen MR) is 60.5 cm³/mol. The van der Waals surface area contributed by atoms with E-state index in [1.54, 1.807) is 0 Å². The molecule has 0 aromatic carbocycles. The minimum Gasteiger partial charge on any atom is -0.313 e. The van der Waals surface area contributed by atoms with Crippen molar-refractivity contribution < 1.29 is 0 Å². The summed E-state index contributed by atoms with van der Waals surface area (Å²) in [6.07, 6.45) is 4.06. The van der Waals surface area contributed by atoms with Gasteiger partial charge in [-0.1, -0.05) is 13.8 Å². The highest BCUT2D eigenvalue weighted by atomic mass is 15.3. The van der Waals surface area contributed by atoms with Crippen molar-refractivity contribution in [3.05, 3.63) is 0 Å². The molecule has 2 heterocycles. The summed E-state index contributed by atoms with van der Waals surface area (Å²) in [7, 11) is 0. The highest BCUT2D eigenvalue weighted by molar-refractivity contribution is 4.98. The topological polar surface area (TPSA) is 15.3 Å². The highest BCUT2D eigenvalue weighted by Crippen LogP contribution is 2.39. The van der Waals surface area contributed by atoms with Gasteiger partial charge in [-0.25, -0.2) is 0 Å². The van der Waals surface area contributed by atoms with Gasteiger partial charge in [-0.05, 0) is 31.6 Å². The lowest BCUT2D eigenvalue weighted by atomic mass is 9.74. The molecule has 2 heteroatoms. The molecule has 0 aromatic heterocycles. The minimum atomic E-state index is 0.672. The van der Waals surface area contributed by atoms with Crippen LogP contribution in [0.5, 0.6) is 0 Å². The van der Waals surface area contributed by atoms with Gasteiger partial charge in [-0.15, -0.1) is 0 Å². The van der Waals surface area contributed by atoms with E-state index in [1.165, 1.54) is 38.9 Å². The molecule has 82 valence electrons. The average Bonchev–Trinajstić information content (AvgIpc) is 2.52. The number of likely N-dealkylation sites (tertiary alicyclic amines) is 1. The predicted octanol–water partition coefficient (Wildman–Crippen LogP) is 1.86. The van der Waals surface area contributed by atoms with Crippen LogP contribution >= 0.6 is 0 Å². The number of hydrogen-bond donors (Lipinski definition) is 1. The molecule has 0 saturated carbocycles. The first kappa shape index (κ1) is 10.4. The molecular formula is C12H24N2. The Balaban J connectivity index is 1.82. The van der Waals surface area contributed by atoms with Crippen molar-refractivity contribution >= 4 is 0 Å². The zero-order valence-corrected chi connectivity index (χ0v) is 9.84. The molecule has 0 aliphatic carbocycles. The Bertz CT molecular complexity index is 190. The summed E-state index contributed by atoms with van der Waals surface area (Å²) in [5.74, 6) is 0. The average molecular weight is 196 g/mol. The maximum atomic E-state index is 3.54. The van der Waals surface area contributed by atoms with E-state index in [0.717, 1.165) is 12.1 Å². The first-order valence-electron chi connectivity index (χ1n) is 6.16. The zero-order valence-electron chi connectivity index (χ0n) is 9.84. The van der Waals surface area contributed by atoms with Crippen LogP contribution in [0.2, 0.25) is 0 Å². The summed E-state index contributed by atoms with van der Waals surface area (Å²) in [6, 6.07) is 1.56. The van der Waals surface area contributed by atoms with Crippen LogP contribution in [0.3, 0.4) is 0 Å². The smallest absolute Gasteiger partial charge is 0.0235 e. The Morgan fingerprint density at radius 2 is 1.93 bits per heavy atom. The Labute approximate surface area is 88.1 Å². The van der Waals surface area contributed by atoms with Crippen LogP contribution in [0.15, 0.2) is 0 Å². The zero-order chi connectivity index (χ0) is 10.2. The van der Waals surface area contributed by atoms with Gasteiger partial charge in [0.15, 0.2) is 0 Å². The fraction of sp³-hybridized carbons (Fsp3) is 1.00. The van der Waals surface area contributed by atoms with Gasteiger partial charge in [0.1, 0.15) is 0 Å². The van der Waals surface area contributed by atoms with Crippen LogP contribution in [0, 0.1) is 5.41 Å². The van der Waals surface area contributed by atoms with E-state index >= 15 is 0 Å². The van der Waals surface area contributed by atoms with Crippen LogP contribution in [0.25, 0.3) is 0 Å². The third-order valence-corrected chi connectivity index (χ3v) is 4.42. The molecule has 2 saturated heterocycles. The first-order chi connectivity index (χ1) is 6.69. The standard InChI is InChI=1S/C12H24N2/c1-4-12(5-2)8-14(9-12)11-6-10(3)13-7-11/h10-11,13H,4-9H2,1-3H3. The number of nitrogens with one attached hydrogen (secondary N) is 1. The molecule has 2 nitrogen and oxygen atoms in total. The highest BCUT2D eigenvalue weighted by Gasteiger charge is 2.43. The molecule has 0 amide bonds. The van der Waals surface area contributed by atoms with Crippen molar-refractivity contribution in [2.45, 2.75) is 52.1 Å². The van der Waals surface area contributed by atoms with E-state index in [0.29, 0.717) is 5.41 Å². The Morgan fingerprint density at radius 3 is 2.36 bits per heavy atom. The Hall–Kier alpha value is -0.0800. The molecule has 0 radical (unpaired) electrons. The lowest BCUT2D eigenvalue weighted by molar-refractivity contribution is -0.0320. The van der Waals surface area contributed by atoms with Gasteiger partial charge in [0.25, 0.3) is 0 Å². The van der Waals surface area contributed by atoms with Gasteiger partial charge < -0.3 is 5.32 Å². The van der Waals surface area contributed by atoms with Gasteiger partial charge in [0.05, 0.1) is 0 Å². The normalized spacial score (nSPS) is 37.1. The second-order valence-electron chi connectivity index (χ2n) is 5.31. The molecule has 2 rings (SSSR count). The number of hydrogen-bond acceptors (Lipinski definition) is 2. The van der Waals surface area contributed by atoms with Gasteiger partial charge in [-0.3, -0.25) is 4.90 Å². The van der Waals surface area contributed by atoms with Crippen molar-refractivity contribution in [2.75, 3.05) is 19.6 Å². The third-order valence-electron chi connectivity index (χ3n) is 4.42. The molecule has 0 aromatic rings. The Morgan fingerprint density at radius 1 is 1.29 bits per heavy atom. The van der Waals surface area contributed by atoms with E-state index < -0.39 is 0 Å². The minimum absolute atomic E-state index is 0.672. The molecule has 0 spiro atoms. The fourth-order valence-corrected chi connectivity index (χ4v) is 2.96. The van der Waals surface area contributed by atoms with Crippen LogP contribution < -0.4 is 5.32 Å². The summed E-state index contributed by atoms with van der Waals surface area (Å²) in [6.45, 7) is 10.9. The van der Waals surface area contributed by atoms with Crippen LogP contribution in [-0.2, 0) is 0 Å². The van der Waals surface area contributed by atoms with E-state index in [4.69, 9.17) is 0 Å². The van der Waals surface area contributed by atoms with Crippen molar-refractivity contribution in [3.8, 4) is 0 Å². The van der Waals surface area contributed by atoms with Gasteiger partial charge in [0, 0.05) is 31.7 Å². The molecule has 2 fully saturated rings. The van der Waals surface area contributed by atoms with Gasteiger partial charge in [-0.2, -0.15) is 0 Å². The molecule has 1 N–H and O–H groups in total. The summed E-state index contributed by atoms with van der Waals surface area (Å²) in [4.78, 5) is 2.68. The second kappa shape index (κ2) is 3.82. The Kier molecular flexibility index (Phi) is 2.85. The quantitative estimate of drug-likeness (QED) is 0.741. The second-order valence-corrected chi connectivity index (χ2v) is 5.31. The summed E-state index contributed by atoms with van der Waals surface area (Å²) in [5.41, 5.74) is 0.672. The SMILES string of the molecule is CCC1(CC)CN(C2CNC(C)C2)C1. The molecule has 2 aliphatic heterocycles. The lowest BCUT2D eigenvalue weighted by Crippen LogP contribution is -2.59. The van der Waals surface area contributed by atoms with E-state index in [9.17, 15) is 0 Å². The van der Waals surface area contributed by atoms with Crippen LogP contribution in [-0.4, -0.2) is 36.6 Å². The maximum Gasteiger partial charge on any atom is 0.0235 e. The molecule has 2 atom stereocenters. The summed E-state index contributed by atoms with van der Waals surface area (Å²) >= 11 is 0. The number of nitrogens with zero attached hydrogens (tertiary/aromatic N) is 1. The molecular weight excluding hydrogens is 172 g/mol. The van der Waals surface area contributed by atoms with Crippen molar-refractivity contribution in [3.63, 3.8) is 0 Å². The molecule has 14 heavy (non-hydrogen) atoms. The summed E-state index contributed by atoms with van der Waals surface area (Å²) in [5, 5.41) is 3.54. The van der Waals surface area contributed by atoms with Crippen LogP contribution in [0.4, 0.5) is 0 Å². The number of rotatable bonds is 3. The monoisotopic (exact) mass is 196 g/mol. The van der Waals surface area contributed by atoms with Crippen molar-refractivity contribution in [1.82, 2.24) is 10.2 Å². The molecule has 2 unspecified atom stereocenters. The fourth-order valence-electron chi connectivity index (χ4n) is 2.96. The first-order valence-corrected chi connectivity index (χ1v) is 6.16. The van der Waals surface area contributed by atoms with E-state index in [-0.39, 0.29) is 0 Å². The molecule has 2 aliphatic rings. The lowest BCUT2D eigenvalue weighted by Gasteiger charge is -2.52. The maximum absolute atomic E-state index is 3.54. The van der Waals surface area contributed by atoms with Gasteiger partial charge in [0.2, 0.25) is 0 Å². The molecule has 0 bridgehead atoms. The van der Waals surface area contributed by atoms with E-state index in [2.05, 4.69) is 31.0 Å².